The zero-order valence-corrected chi connectivity index (χ0v) is 16.6. The molecular weight excluding hydrogens is 354 g/mol. The first-order valence-corrected chi connectivity index (χ1v) is 18.5. The van der Waals surface area contributed by atoms with Gasteiger partial charge in [-0.2, -0.15) is 0 Å². The van der Waals surface area contributed by atoms with Crippen LogP contribution in [0.15, 0.2) is 0 Å². The van der Waals surface area contributed by atoms with Gasteiger partial charge < -0.3 is 0 Å². The van der Waals surface area contributed by atoms with Crippen LogP contribution in [0.2, 0.25) is 44.0 Å². The zero-order valence-electron chi connectivity index (χ0n) is 14.7. The third-order valence-electron chi connectivity index (χ3n) is 17.5. The quantitative estimate of drug-likeness (QED) is 0.350. The van der Waals surface area contributed by atoms with Gasteiger partial charge in [0.2, 0.25) is 0 Å². The van der Waals surface area contributed by atoms with Gasteiger partial charge in [-0.25, -0.2) is 0 Å². The van der Waals surface area contributed by atoms with Crippen LogP contribution >= 0.6 is 7.92 Å². The van der Waals surface area contributed by atoms with Crippen molar-refractivity contribution in [1.82, 2.24) is 0 Å². The third kappa shape index (κ3) is 0.185. The summed E-state index contributed by atoms with van der Waals surface area (Å²) in [5.41, 5.74) is 2.60. The standard InChI is InChI=1S/C17H26P.C5H5.Ni/c1-3-9-15(10-4-1)18(17-13-7-8-14-17)16-11-5-2-6-12-16;1-2-4-5-3-1;/h7-8,13-16H,1-6,9-12H2;1-5H;. The molecule has 12 rings (SSSR count). The predicted octanol–water partition coefficient (Wildman–Crippen LogP) is 7.43. The van der Waals surface area contributed by atoms with Gasteiger partial charge in [-0.3, -0.25) is 0 Å². The van der Waals surface area contributed by atoms with E-state index in [-0.39, 0.29) is 0 Å². The SMILES string of the molecule is C1CCC(P(C2CCCCC2)[C]23[CH]4[CH]5[CH]6[CH]2[Ni]56432789[CH]3[CH]2[CH]7[CH]8[CH]39)CC1. The van der Waals surface area contributed by atoms with Gasteiger partial charge in [0.25, 0.3) is 0 Å². The Morgan fingerprint density at radius 3 is 1.25 bits per heavy atom. The summed E-state index contributed by atoms with van der Waals surface area (Å²) in [5, 5.41) is 0. The van der Waals surface area contributed by atoms with E-state index in [0.717, 1.165) is 0 Å². The number of fused-ring (bicyclic) bond motifs is 10. The fraction of sp³-hybridized carbons (Fsp3) is 1.00. The Bertz CT molecular complexity index is 1030. The zero-order chi connectivity index (χ0) is 14.8. The molecule has 1 spiro atoms. The van der Waals surface area contributed by atoms with Crippen LogP contribution < -0.4 is 0 Å². The number of hydrogen-bond donors (Lipinski definition) is 0. The Labute approximate surface area is 137 Å². The molecule has 12 aliphatic rings. The average Bonchev–Trinajstić information content (AvgIpc) is 3.57. The van der Waals surface area contributed by atoms with Crippen LogP contribution in [-0.4, -0.2) is 15.4 Å². The maximum atomic E-state index is 1.71. The van der Waals surface area contributed by atoms with Crippen LogP contribution in [0, 0.1) is 0 Å². The second kappa shape index (κ2) is 1.31. The van der Waals surface area contributed by atoms with Gasteiger partial charge in [0, 0.05) is 0 Å². The van der Waals surface area contributed by atoms with Crippen molar-refractivity contribution in [3.05, 3.63) is 0 Å². The van der Waals surface area contributed by atoms with Gasteiger partial charge in [-0.15, -0.1) is 0 Å². The Balaban J connectivity index is 1.18. The molecule has 10 aliphatic heterocycles. The fourth-order valence-corrected chi connectivity index (χ4v) is 97.8. The van der Waals surface area contributed by atoms with Gasteiger partial charge in [0.05, 0.1) is 0 Å². The summed E-state index contributed by atoms with van der Waals surface area (Å²) in [6.45, 7) is 0. The van der Waals surface area contributed by atoms with Crippen molar-refractivity contribution < 1.29 is 6.23 Å². The Kier molecular flexibility index (Phi) is 0.604. The number of hydrogen-bond acceptors (Lipinski definition) is 0. The molecule has 0 radical (unpaired) electrons. The average molecular weight is 385 g/mol. The van der Waals surface area contributed by atoms with E-state index >= 15 is 0 Å². The predicted molar refractivity (Wildman–Crippen MR) is 97.1 cm³/mol. The molecule has 24 heavy (non-hydrogen) atoms. The van der Waals surface area contributed by atoms with Gasteiger partial charge in [0.15, 0.2) is 0 Å². The van der Waals surface area contributed by atoms with Crippen molar-refractivity contribution in [2.24, 2.45) is 0 Å². The Morgan fingerprint density at radius 2 is 0.958 bits per heavy atom. The summed E-state index contributed by atoms with van der Waals surface area (Å²) in [4.78, 5) is 14.1. The normalized spacial score (nSPS) is 97.5. The van der Waals surface area contributed by atoms with E-state index in [1.165, 1.54) is 15.4 Å². The molecule has 10 heterocycles. The summed E-state index contributed by atoms with van der Waals surface area (Å²) in [6, 6.07) is 0. The fourth-order valence-electron chi connectivity index (χ4n) is 18.5. The summed E-state index contributed by atoms with van der Waals surface area (Å²) in [6.07, 6.45) is 13.9. The van der Waals surface area contributed by atoms with E-state index in [2.05, 4.69) is 0 Å². The topological polar surface area (TPSA) is 0 Å². The van der Waals surface area contributed by atoms with E-state index in [1.807, 2.05) is 0 Å². The first kappa shape index (κ1) is 11.1. The molecule has 2 saturated carbocycles. The Hall–Kier alpha value is 0.924. The molecule has 2 aliphatic carbocycles. The molecule has 0 N–H and O–H groups in total. The van der Waals surface area contributed by atoms with Gasteiger partial charge in [0.1, 0.15) is 0 Å². The van der Waals surface area contributed by atoms with Crippen molar-refractivity contribution in [1.29, 1.82) is 0 Å². The first-order valence-electron chi connectivity index (χ1n) is 11.4. The molecule has 4 atom stereocenters. The van der Waals surface area contributed by atoms with Crippen molar-refractivity contribution >= 4 is 7.92 Å². The Morgan fingerprint density at radius 1 is 0.542 bits per heavy atom. The van der Waals surface area contributed by atoms with E-state index < -0.39 is 6.23 Å². The monoisotopic (exact) mass is 384 g/mol. The molecule has 0 nitrogen and oxygen atoms in total. The van der Waals surface area contributed by atoms with Crippen LogP contribution in [0.4, 0.5) is 0 Å². The summed E-state index contributed by atoms with van der Waals surface area (Å²) in [7, 11) is 0.480. The van der Waals surface area contributed by atoms with E-state index in [0.29, 0.717) is 7.92 Å². The van der Waals surface area contributed by atoms with Crippen LogP contribution in [0.1, 0.15) is 64.2 Å². The van der Waals surface area contributed by atoms with Crippen LogP contribution in [0.25, 0.3) is 0 Å². The van der Waals surface area contributed by atoms with Crippen molar-refractivity contribution in [3.63, 3.8) is 0 Å². The summed E-state index contributed by atoms with van der Waals surface area (Å²) < 4.78 is 1.28. The molecule has 0 bridgehead atoms. The van der Waals surface area contributed by atoms with E-state index in [4.69, 9.17) is 0 Å². The molecule has 0 amide bonds. The van der Waals surface area contributed by atoms with Crippen molar-refractivity contribution in [2.75, 3.05) is 0 Å². The summed E-state index contributed by atoms with van der Waals surface area (Å²) >= 11 is 0. The molecule has 0 aromatic heterocycles. The van der Waals surface area contributed by atoms with Crippen molar-refractivity contribution in [3.8, 4) is 0 Å². The van der Waals surface area contributed by atoms with Gasteiger partial charge >= 0.3 is 138 Å². The van der Waals surface area contributed by atoms with Crippen LogP contribution in [-0.2, 0) is 6.23 Å². The molecular formula is C22H31NiP. The minimum absolute atomic E-state index is 0.480. The van der Waals surface area contributed by atoms with Crippen LogP contribution in [0.5, 0.6) is 0 Å². The second-order valence-corrected chi connectivity index (χ2v) is 38.3. The second-order valence-electron chi connectivity index (χ2n) is 13.8. The molecule has 134 valence electrons. The third-order valence-corrected chi connectivity index (χ3v) is 63.1. The van der Waals surface area contributed by atoms with Crippen LogP contribution in [0.3, 0.4) is 0 Å². The first-order chi connectivity index (χ1) is 11.6. The molecule has 4 unspecified atom stereocenters. The van der Waals surface area contributed by atoms with Crippen molar-refractivity contribution in [2.45, 2.75) is 124 Å². The number of rotatable bonds is 3. The van der Waals surface area contributed by atoms with E-state index in [9.17, 15) is 0 Å². The van der Waals surface area contributed by atoms with Gasteiger partial charge in [-0.05, 0) is 0 Å². The maximum absolute atomic E-state index is 2.65. The molecule has 0 aromatic carbocycles. The molecule has 12 fully saturated rings. The van der Waals surface area contributed by atoms with Gasteiger partial charge in [-0.1, -0.05) is 0 Å². The molecule has 2 heteroatoms. The van der Waals surface area contributed by atoms with E-state index in [1.54, 1.807) is 108 Å². The molecule has 0 aromatic rings. The summed E-state index contributed by atoms with van der Waals surface area (Å²) in [5.74, 6) is 0. The minimum atomic E-state index is -2.65. The molecule has 10 saturated heterocycles.